The Bertz CT molecular complexity index is 734. The van der Waals surface area contributed by atoms with Crippen LogP contribution >= 0.6 is 0 Å². The van der Waals surface area contributed by atoms with E-state index < -0.39 is 0 Å². The van der Waals surface area contributed by atoms with Gasteiger partial charge in [-0.05, 0) is 74.8 Å². The van der Waals surface area contributed by atoms with E-state index in [1.165, 1.54) is 49.6 Å². The zero-order valence-electron chi connectivity index (χ0n) is 15.2. The molecule has 1 aromatic heterocycles. The molecular weight excluding hydrogens is 310 g/mol. The van der Waals surface area contributed by atoms with Gasteiger partial charge in [0.15, 0.2) is 0 Å². The molecule has 1 aromatic carbocycles. The molecule has 1 aliphatic heterocycles. The van der Waals surface area contributed by atoms with Crippen LogP contribution in [0.1, 0.15) is 50.5 Å². The lowest BCUT2D eigenvalue weighted by Gasteiger charge is -2.33. The van der Waals surface area contributed by atoms with Gasteiger partial charge in [-0.1, -0.05) is 12.5 Å². The van der Waals surface area contributed by atoms with Crippen molar-refractivity contribution in [3.05, 3.63) is 36.0 Å². The second kappa shape index (κ2) is 7.20. The highest BCUT2D eigenvalue weighted by Gasteiger charge is 2.32. The predicted molar refractivity (Wildman–Crippen MR) is 101 cm³/mol. The monoisotopic (exact) mass is 339 g/mol. The van der Waals surface area contributed by atoms with E-state index in [1.807, 2.05) is 6.20 Å². The molecule has 4 rings (SSSR count). The van der Waals surface area contributed by atoms with Crippen LogP contribution in [0.5, 0.6) is 0 Å². The van der Waals surface area contributed by atoms with Crippen molar-refractivity contribution in [2.24, 2.45) is 0 Å². The molecule has 1 amide bonds. The maximum Gasteiger partial charge on any atom is 0.223 e. The Hall–Kier alpha value is -1.81. The third kappa shape index (κ3) is 3.90. The first kappa shape index (κ1) is 16.6. The van der Waals surface area contributed by atoms with Crippen LogP contribution in [-0.2, 0) is 11.3 Å². The summed E-state index contributed by atoms with van der Waals surface area (Å²) in [6.45, 7) is 1.94. The molecule has 134 valence electrons. The highest BCUT2D eigenvalue weighted by molar-refractivity contribution is 5.80. The molecule has 1 atom stereocenters. The van der Waals surface area contributed by atoms with Gasteiger partial charge in [0.1, 0.15) is 0 Å². The average Bonchev–Trinajstić information content (AvgIpc) is 3.35. The average molecular weight is 339 g/mol. The molecule has 2 aliphatic rings. The summed E-state index contributed by atoms with van der Waals surface area (Å²) in [5.74, 6) is 0.343. The van der Waals surface area contributed by atoms with Gasteiger partial charge in [0.25, 0.3) is 0 Å². The Morgan fingerprint density at radius 1 is 1.24 bits per heavy atom. The first-order valence-electron chi connectivity index (χ1n) is 9.76. The Balaban J connectivity index is 1.39. The van der Waals surface area contributed by atoms with Crippen LogP contribution in [0.15, 0.2) is 30.5 Å². The van der Waals surface area contributed by atoms with Gasteiger partial charge in [-0.25, -0.2) is 0 Å². The first-order chi connectivity index (χ1) is 12.2. The number of aromatic amines is 1. The molecule has 25 heavy (non-hydrogen) atoms. The summed E-state index contributed by atoms with van der Waals surface area (Å²) in [5, 5.41) is 1.23. The van der Waals surface area contributed by atoms with Crippen LogP contribution in [-0.4, -0.2) is 46.4 Å². The molecule has 1 N–H and O–H groups in total. The number of nitrogens with one attached hydrogen (secondary N) is 1. The molecule has 1 saturated carbocycles. The van der Waals surface area contributed by atoms with E-state index in [2.05, 4.69) is 46.1 Å². The van der Waals surface area contributed by atoms with Gasteiger partial charge in [0, 0.05) is 36.8 Å². The van der Waals surface area contributed by atoms with E-state index in [1.54, 1.807) is 0 Å². The molecule has 0 unspecified atom stereocenters. The van der Waals surface area contributed by atoms with E-state index in [0.29, 0.717) is 24.4 Å². The van der Waals surface area contributed by atoms with Crippen molar-refractivity contribution in [1.29, 1.82) is 0 Å². The van der Waals surface area contributed by atoms with Crippen molar-refractivity contribution in [3.63, 3.8) is 0 Å². The zero-order chi connectivity index (χ0) is 17.2. The van der Waals surface area contributed by atoms with Crippen LogP contribution in [0.3, 0.4) is 0 Å². The summed E-state index contributed by atoms with van der Waals surface area (Å²) in [6.07, 6.45) is 9.87. The Kier molecular flexibility index (Phi) is 4.80. The Morgan fingerprint density at radius 3 is 2.92 bits per heavy atom. The fraction of sp³-hybridized carbons (Fsp3) is 0.571. The number of H-pyrrole nitrogens is 1. The van der Waals surface area contributed by atoms with Crippen molar-refractivity contribution in [2.45, 2.75) is 63.6 Å². The van der Waals surface area contributed by atoms with Crippen molar-refractivity contribution < 1.29 is 4.79 Å². The van der Waals surface area contributed by atoms with E-state index in [4.69, 9.17) is 0 Å². The van der Waals surface area contributed by atoms with E-state index >= 15 is 0 Å². The highest BCUT2D eigenvalue weighted by atomic mass is 16.2. The molecule has 2 heterocycles. The lowest BCUT2D eigenvalue weighted by Crippen LogP contribution is -2.38. The SMILES string of the molecule is CN1CCCC[C@H]1CCC(=O)N(Cc1ccc2[nH]ccc2c1)C1CC1. The van der Waals surface area contributed by atoms with Crippen molar-refractivity contribution in [2.75, 3.05) is 13.6 Å². The minimum absolute atomic E-state index is 0.343. The fourth-order valence-electron chi connectivity index (χ4n) is 4.15. The minimum Gasteiger partial charge on any atom is -0.361 e. The second-order valence-electron chi connectivity index (χ2n) is 7.82. The molecule has 0 bridgehead atoms. The van der Waals surface area contributed by atoms with Crippen LogP contribution in [0.2, 0.25) is 0 Å². The number of hydrogen-bond donors (Lipinski definition) is 1. The normalized spacial score (nSPS) is 21.6. The summed E-state index contributed by atoms with van der Waals surface area (Å²) in [4.78, 5) is 20.7. The number of aromatic nitrogens is 1. The minimum atomic E-state index is 0.343. The number of hydrogen-bond acceptors (Lipinski definition) is 2. The lowest BCUT2D eigenvalue weighted by molar-refractivity contribution is -0.132. The third-order valence-electron chi connectivity index (χ3n) is 5.89. The van der Waals surface area contributed by atoms with Crippen molar-refractivity contribution in [1.82, 2.24) is 14.8 Å². The van der Waals surface area contributed by atoms with Gasteiger partial charge in [-0.15, -0.1) is 0 Å². The van der Waals surface area contributed by atoms with Gasteiger partial charge in [0.05, 0.1) is 0 Å². The van der Waals surface area contributed by atoms with Crippen molar-refractivity contribution >= 4 is 16.8 Å². The van der Waals surface area contributed by atoms with Crippen LogP contribution in [0, 0.1) is 0 Å². The first-order valence-corrected chi connectivity index (χ1v) is 9.76. The number of carbonyl (C=O) groups excluding carboxylic acids is 1. The summed E-state index contributed by atoms with van der Waals surface area (Å²) >= 11 is 0. The summed E-state index contributed by atoms with van der Waals surface area (Å²) < 4.78 is 0. The number of likely N-dealkylation sites (tertiary alicyclic amines) is 1. The summed E-state index contributed by atoms with van der Waals surface area (Å²) in [5.41, 5.74) is 2.40. The second-order valence-corrected chi connectivity index (χ2v) is 7.82. The van der Waals surface area contributed by atoms with Gasteiger partial charge in [-0.3, -0.25) is 4.79 Å². The van der Waals surface area contributed by atoms with Crippen molar-refractivity contribution in [3.8, 4) is 0 Å². The predicted octanol–water partition coefficient (Wildman–Crippen LogP) is 3.92. The lowest BCUT2D eigenvalue weighted by atomic mass is 9.98. The van der Waals surface area contributed by atoms with E-state index in [9.17, 15) is 4.79 Å². The Morgan fingerprint density at radius 2 is 2.12 bits per heavy atom. The van der Waals surface area contributed by atoms with E-state index in [-0.39, 0.29) is 0 Å². The molecule has 4 heteroatoms. The number of piperidine rings is 1. The number of rotatable bonds is 6. The number of fused-ring (bicyclic) bond motifs is 1. The summed E-state index contributed by atoms with van der Waals surface area (Å²) in [7, 11) is 2.21. The molecule has 1 saturated heterocycles. The Labute approximate surface area is 150 Å². The van der Waals surface area contributed by atoms with Crippen LogP contribution in [0.25, 0.3) is 10.9 Å². The molecular formula is C21H29N3O. The number of amides is 1. The number of carbonyl (C=O) groups is 1. The fourth-order valence-corrected chi connectivity index (χ4v) is 4.15. The largest absolute Gasteiger partial charge is 0.361 e. The standard InChI is InChI=1S/C21H29N3O/c1-23-13-3-2-4-18(23)8-10-21(25)24(19-6-7-19)15-16-5-9-20-17(14-16)11-12-22-20/h5,9,11-12,14,18-19,22H,2-4,6-8,10,13,15H2,1H3/t18-/m0/s1. The van der Waals surface area contributed by atoms with Gasteiger partial charge < -0.3 is 14.8 Å². The molecule has 0 spiro atoms. The van der Waals surface area contributed by atoms with Crippen LogP contribution in [0.4, 0.5) is 0 Å². The smallest absolute Gasteiger partial charge is 0.223 e. The third-order valence-corrected chi connectivity index (χ3v) is 5.89. The van der Waals surface area contributed by atoms with Gasteiger partial charge >= 0.3 is 0 Å². The molecule has 1 aliphatic carbocycles. The van der Waals surface area contributed by atoms with Gasteiger partial charge in [0.2, 0.25) is 5.91 Å². The topological polar surface area (TPSA) is 39.3 Å². The number of benzene rings is 1. The molecule has 4 nitrogen and oxygen atoms in total. The van der Waals surface area contributed by atoms with E-state index in [0.717, 1.165) is 18.5 Å². The molecule has 2 aromatic rings. The maximum atomic E-state index is 12.9. The van der Waals surface area contributed by atoms with Gasteiger partial charge in [-0.2, -0.15) is 0 Å². The highest BCUT2D eigenvalue weighted by Crippen LogP contribution is 2.30. The summed E-state index contributed by atoms with van der Waals surface area (Å²) in [6, 6.07) is 9.64. The molecule has 0 radical (unpaired) electrons. The quantitative estimate of drug-likeness (QED) is 0.866. The van der Waals surface area contributed by atoms with Crippen LogP contribution < -0.4 is 0 Å². The maximum absolute atomic E-state index is 12.9. The molecule has 2 fully saturated rings. The zero-order valence-corrected chi connectivity index (χ0v) is 15.2. The number of nitrogens with zero attached hydrogens (tertiary/aromatic N) is 2.